The van der Waals surface area contributed by atoms with Gasteiger partial charge in [0.1, 0.15) is 11.9 Å². The molecule has 3 fully saturated rings. The first kappa shape index (κ1) is 34.3. The molecule has 2 amide bonds. The molecule has 3 heterocycles. The Balaban J connectivity index is 1.20. The number of aromatic nitrogens is 1. The van der Waals surface area contributed by atoms with Crippen LogP contribution in [0.25, 0.3) is 10.8 Å². The number of fused-ring (bicyclic) bond motifs is 3. The number of Topliss-reactive ketones (excluding diaryl/α,β-unsaturated/α-hetero) is 1. The number of hydrogen-bond acceptors (Lipinski definition) is 7. The summed E-state index contributed by atoms with van der Waals surface area (Å²) in [4.78, 5) is 48.9. The number of ketones is 1. The van der Waals surface area contributed by atoms with Crippen molar-refractivity contribution in [3.8, 4) is 5.88 Å². The van der Waals surface area contributed by atoms with Crippen LogP contribution in [0.5, 0.6) is 5.88 Å². The lowest BCUT2D eigenvalue weighted by Crippen LogP contribution is -2.46. The third kappa shape index (κ3) is 7.20. The zero-order chi connectivity index (χ0) is 35.0. The Bertz CT molecular complexity index is 1940. The van der Waals surface area contributed by atoms with Gasteiger partial charge in [0.15, 0.2) is 5.78 Å². The molecule has 2 aliphatic heterocycles. The number of allylic oxidation sites excluding steroid dienone is 2. The number of halogens is 1. The molecule has 0 spiro atoms. The maximum atomic E-state index is 14.6. The molecule has 5 atom stereocenters. The van der Waals surface area contributed by atoms with Crippen molar-refractivity contribution >= 4 is 38.4 Å². The van der Waals surface area contributed by atoms with Gasteiger partial charge in [0.2, 0.25) is 27.7 Å². The molecular weight excluding hydrogens is 658 g/mol. The summed E-state index contributed by atoms with van der Waals surface area (Å²) in [5.74, 6) is -1.68. The number of pyridine rings is 1. The molecule has 2 aromatic carbocycles. The lowest BCUT2D eigenvalue weighted by molar-refractivity contribution is -0.142. The van der Waals surface area contributed by atoms with Crippen molar-refractivity contribution in [2.45, 2.75) is 94.9 Å². The van der Waals surface area contributed by atoms with E-state index in [1.54, 1.807) is 30.2 Å². The summed E-state index contributed by atoms with van der Waals surface area (Å²) in [5.41, 5.74) is 0.174. The first-order valence-electron chi connectivity index (χ1n) is 17.9. The third-order valence-electron chi connectivity index (χ3n) is 11.0. The summed E-state index contributed by atoms with van der Waals surface area (Å²) in [5, 5.41) is 1.20. The normalized spacial score (nSPS) is 28.2. The Hall–Kier alpha value is -4.12. The van der Waals surface area contributed by atoms with Crippen molar-refractivity contribution < 1.29 is 31.9 Å². The second-order valence-electron chi connectivity index (χ2n) is 14.7. The maximum absolute atomic E-state index is 14.6. The van der Waals surface area contributed by atoms with Crippen LogP contribution in [0, 0.1) is 30.0 Å². The highest BCUT2D eigenvalue weighted by molar-refractivity contribution is 7.90. The van der Waals surface area contributed by atoms with Gasteiger partial charge in [-0.25, -0.2) is 17.8 Å². The van der Waals surface area contributed by atoms with Crippen molar-refractivity contribution in [1.29, 1.82) is 0 Å². The lowest BCUT2D eigenvalue weighted by atomic mass is 9.89. The van der Waals surface area contributed by atoms with Crippen LogP contribution in [-0.2, 0) is 30.8 Å². The van der Waals surface area contributed by atoms with Gasteiger partial charge in [-0.1, -0.05) is 55.3 Å². The van der Waals surface area contributed by atoms with E-state index in [0.29, 0.717) is 43.5 Å². The molecule has 2 saturated carbocycles. The van der Waals surface area contributed by atoms with Gasteiger partial charge in [-0.15, -0.1) is 0 Å². The van der Waals surface area contributed by atoms with Gasteiger partial charge in [0, 0.05) is 30.3 Å². The molecular formula is C39H44FN3O6S. The SMILES string of the molecule is Cc1cc(C[C@H]2CCCCC/C=C\[C@@H]3C[C@@]3(C(=O)NS(=O)(=O)C3CC3)CC(=O)[C@@H]3C[C@@H](Oc4nccc5ccccc45)CN3C2=O)ccc1F. The summed E-state index contributed by atoms with van der Waals surface area (Å²) in [6.45, 7) is 1.87. The van der Waals surface area contributed by atoms with E-state index >= 15 is 0 Å². The summed E-state index contributed by atoms with van der Waals surface area (Å²) < 4.78 is 48.6. The topological polar surface area (TPSA) is 123 Å². The van der Waals surface area contributed by atoms with Crippen molar-refractivity contribution in [2.24, 2.45) is 17.3 Å². The highest BCUT2D eigenvalue weighted by Crippen LogP contribution is 2.57. The van der Waals surface area contributed by atoms with Crippen LogP contribution in [0.4, 0.5) is 4.39 Å². The van der Waals surface area contributed by atoms with Crippen molar-refractivity contribution in [2.75, 3.05) is 6.54 Å². The van der Waals surface area contributed by atoms with E-state index in [2.05, 4.69) is 9.71 Å². The number of aryl methyl sites for hydroxylation is 1. The summed E-state index contributed by atoms with van der Waals surface area (Å²) in [7, 11) is -3.81. The second kappa shape index (κ2) is 13.9. The first-order chi connectivity index (χ1) is 24.0. The molecule has 0 unspecified atom stereocenters. The van der Waals surface area contributed by atoms with Gasteiger partial charge in [-0.2, -0.15) is 0 Å². The number of ether oxygens (including phenoxy) is 1. The van der Waals surface area contributed by atoms with Crippen molar-refractivity contribution in [3.05, 3.63) is 83.8 Å². The third-order valence-corrected chi connectivity index (χ3v) is 12.8. The van der Waals surface area contributed by atoms with Crippen LogP contribution in [0.3, 0.4) is 0 Å². The predicted molar refractivity (Wildman–Crippen MR) is 187 cm³/mol. The maximum Gasteiger partial charge on any atom is 0.240 e. The minimum atomic E-state index is -3.81. The molecule has 0 radical (unpaired) electrons. The molecule has 264 valence electrons. The van der Waals surface area contributed by atoms with E-state index in [9.17, 15) is 27.2 Å². The quantitative estimate of drug-likeness (QED) is 0.301. The van der Waals surface area contributed by atoms with Crippen LogP contribution < -0.4 is 9.46 Å². The molecule has 7 rings (SSSR count). The second-order valence-corrected chi connectivity index (χ2v) is 16.6. The van der Waals surface area contributed by atoms with Gasteiger partial charge < -0.3 is 9.64 Å². The van der Waals surface area contributed by atoms with Gasteiger partial charge in [0.25, 0.3) is 0 Å². The summed E-state index contributed by atoms with van der Waals surface area (Å²) in [6.07, 6.45) is 11.0. The highest BCUT2D eigenvalue weighted by Gasteiger charge is 2.61. The fourth-order valence-electron chi connectivity index (χ4n) is 7.78. The van der Waals surface area contributed by atoms with Gasteiger partial charge in [-0.05, 0) is 92.5 Å². The Morgan fingerprint density at radius 2 is 1.90 bits per heavy atom. The molecule has 4 aliphatic rings. The molecule has 50 heavy (non-hydrogen) atoms. The molecule has 1 N–H and O–H groups in total. The van der Waals surface area contributed by atoms with E-state index in [4.69, 9.17) is 4.74 Å². The number of carbonyl (C=O) groups is 3. The number of carbonyl (C=O) groups excluding carboxylic acids is 3. The molecule has 2 aliphatic carbocycles. The van der Waals surface area contributed by atoms with Crippen LogP contribution in [-0.4, -0.2) is 59.8 Å². The molecule has 11 heteroatoms. The number of nitrogens with zero attached hydrogens (tertiary/aromatic N) is 2. The molecule has 1 saturated heterocycles. The summed E-state index contributed by atoms with van der Waals surface area (Å²) in [6, 6.07) is 13.7. The fourth-order valence-corrected chi connectivity index (χ4v) is 9.17. The summed E-state index contributed by atoms with van der Waals surface area (Å²) >= 11 is 0. The average molecular weight is 702 g/mol. The fraction of sp³-hybridized carbons (Fsp3) is 0.487. The Morgan fingerprint density at radius 1 is 1.08 bits per heavy atom. The minimum Gasteiger partial charge on any atom is -0.472 e. The van der Waals surface area contributed by atoms with Crippen LogP contribution in [0.15, 0.2) is 66.9 Å². The first-order valence-corrected chi connectivity index (χ1v) is 19.4. The number of nitrogens with one attached hydrogen (secondary N) is 1. The lowest BCUT2D eigenvalue weighted by Gasteiger charge is -2.29. The smallest absolute Gasteiger partial charge is 0.240 e. The van der Waals surface area contributed by atoms with E-state index in [1.807, 2.05) is 42.5 Å². The van der Waals surface area contributed by atoms with Crippen LogP contribution in [0.2, 0.25) is 0 Å². The molecule has 0 bridgehead atoms. The van der Waals surface area contributed by atoms with E-state index < -0.39 is 44.7 Å². The van der Waals surface area contributed by atoms with E-state index in [0.717, 1.165) is 42.0 Å². The number of amides is 2. The predicted octanol–water partition coefficient (Wildman–Crippen LogP) is 5.98. The standard InChI is InChI=1S/C39H44FN3O6S/c1-25-19-26(13-16-33(25)40)20-28-10-5-3-2-4-6-11-29-22-39(29,38(46)42-50(47,48)31-14-15-31)23-35(44)34-21-30(24-43(34)37(28)45)49-36-32-12-8-7-9-27(32)17-18-41-36/h6-9,11-13,16-19,28-31,34H,2-5,10,14-15,20-24H2,1H3,(H,42,46)/b11-6-/t28-,29-,30-,34+,39-/m1/s1. The minimum absolute atomic E-state index is 0.164. The zero-order valence-electron chi connectivity index (χ0n) is 28.4. The zero-order valence-corrected chi connectivity index (χ0v) is 29.2. The number of hydrogen-bond donors (Lipinski definition) is 1. The average Bonchev–Trinajstić information content (AvgIpc) is 4.02. The Morgan fingerprint density at radius 3 is 2.70 bits per heavy atom. The Kier molecular flexibility index (Phi) is 9.54. The number of sulfonamides is 1. The van der Waals surface area contributed by atoms with Crippen molar-refractivity contribution in [3.63, 3.8) is 0 Å². The number of benzene rings is 2. The van der Waals surface area contributed by atoms with Crippen molar-refractivity contribution in [1.82, 2.24) is 14.6 Å². The van der Waals surface area contributed by atoms with E-state index in [-0.39, 0.29) is 42.8 Å². The number of rotatable bonds is 7. The van der Waals surface area contributed by atoms with Crippen LogP contribution >= 0.6 is 0 Å². The monoisotopic (exact) mass is 701 g/mol. The van der Waals surface area contributed by atoms with Gasteiger partial charge in [0.05, 0.1) is 23.3 Å². The largest absolute Gasteiger partial charge is 0.472 e. The molecule has 3 aromatic rings. The van der Waals surface area contributed by atoms with E-state index in [1.165, 1.54) is 6.07 Å². The van der Waals surface area contributed by atoms with Gasteiger partial charge in [-0.3, -0.25) is 19.1 Å². The molecule has 9 nitrogen and oxygen atoms in total. The van der Waals surface area contributed by atoms with Gasteiger partial charge >= 0.3 is 0 Å². The van der Waals surface area contributed by atoms with Crippen LogP contribution in [0.1, 0.15) is 75.3 Å². The Labute approximate surface area is 292 Å². The highest BCUT2D eigenvalue weighted by atomic mass is 32.2. The molecule has 1 aromatic heterocycles.